The zero-order valence-electron chi connectivity index (χ0n) is 24.1. The Morgan fingerprint density at radius 3 is 2.64 bits per heavy atom. The summed E-state index contributed by atoms with van der Waals surface area (Å²) in [5.74, 6) is 0.955. The Hall–Kier alpha value is -2.12. The van der Waals surface area contributed by atoms with Crippen LogP contribution in [0.2, 0.25) is 0 Å². The van der Waals surface area contributed by atoms with Crippen LogP contribution >= 0.6 is 0 Å². The van der Waals surface area contributed by atoms with Crippen LogP contribution in [0.5, 0.6) is 0 Å². The van der Waals surface area contributed by atoms with E-state index in [4.69, 9.17) is 4.42 Å². The van der Waals surface area contributed by atoms with Gasteiger partial charge in [-0.3, -0.25) is 0 Å². The molecular formula is C32H47N3O4. The van der Waals surface area contributed by atoms with Gasteiger partial charge in [-0.05, 0) is 112 Å². The van der Waals surface area contributed by atoms with Crippen molar-refractivity contribution >= 4 is 6.03 Å². The van der Waals surface area contributed by atoms with Gasteiger partial charge in [0.15, 0.2) is 0 Å². The largest absolute Gasteiger partial charge is 0.431 e. The van der Waals surface area contributed by atoms with Crippen LogP contribution in [0.15, 0.2) is 39.3 Å². The van der Waals surface area contributed by atoms with Crippen molar-refractivity contribution < 1.29 is 14.3 Å². The van der Waals surface area contributed by atoms with Gasteiger partial charge in [-0.25, -0.2) is 9.59 Å². The topological polar surface area (TPSA) is 86.0 Å². The maximum Gasteiger partial charge on any atom is 0.335 e. The lowest BCUT2D eigenvalue weighted by Crippen LogP contribution is -2.60. The molecule has 2 heterocycles. The second kappa shape index (κ2) is 10.1. The van der Waals surface area contributed by atoms with Gasteiger partial charge in [-0.2, -0.15) is 0 Å². The molecule has 0 unspecified atom stereocenters. The van der Waals surface area contributed by atoms with Crippen LogP contribution in [-0.2, 0) is 0 Å². The monoisotopic (exact) mass is 537 g/mol. The summed E-state index contributed by atoms with van der Waals surface area (Å²) in [4.78, 5) is 28.9. The van der Waals surface area contributed by atoms with E-state index in [9.17, 15) is 14.7 Å². The summed E-state index contributed by atoms with van der Waals surface area (Å²) in [5.41, 5.74) is 1.41. The SMILES string of the molecule is CN(C(=O)NCCN1CCCC1)[C@@H]1C=C2CC[C@@H]3[C@H](CC[C@]4(C)[C@@H](c5ccc(=O)oc5)CC[C@]34O)[C@@]2(C)CC1. The van der Waals surface area contributed by atoms with Gasteiger partial charge in [-0.15, -0.1) is 0 Å². The van der Waals surface area contributed by atoms with Gasteiger partial charge < -0.3 is 24.6 Å². The molecule has 0 aromatic carbocycles. The summed E-state index contributed by atoms with van der Waals surface area (Å²) in [7, 11) is 1.94. The molecule has 4 fully saturated rings. The van der Waals surface area contributed by atoms with E-state index in [1.54, 1.807) is 6.26 Å². The summed E-state index contributed by atoms with van der Waals surface area (Å²) in [6, 6.07) is 3.59. The van der Waals surface area contributed by atoms with E-state index in [-0.39, 0.29) is 40.4 Å². The molecule has 1 saturated heterocycles. The van der Waals surface area contributed by atoms with E-state index in [1.165, 1.54) is 24.5 Å². The van der Waals surface area contributed by atoms with Crippen LogP contribution in [0.25, 0.3) is 0 Å². The highest BCUT2D eigenvalue weighted by molar-refractivity contribution is 5.74. The van der Waals surface area contributed by atoms with Crippen molar-refractivity contribution in [2.75, 3.05) is 33.2 Å². The maximum absolute atomic E-state index is 13.0. The smallest absolute Gasteiger partial charge is 0.335 e. The third kappa shape index (κ3) is 4.39. The fraction of sp³-hybridized carbons (Fsp3) is 0.750. The highest BCUT2D eigenvalue weighted by atomic mass is 16.4. The number of urea groups is 1. The van der Waals surface area contributed by atoms with E-state index >= 15 is 0 Å². The molecule has 7 nitrogen and oxygen atoms in total. The number of allylic oxidation sites excluding steroid dienone is 1. The number of hydrogen-bond donors (Lipinski definition) is 2. The van der Waals surface area contributed by atoms with Crippen molar-refractivity contribution in [3.8, 4) is 0 Å². The number of hydrogen-bond acceptors (Lipinski definition) is 5. The molecule has 0 bridgehead atoms. The standard InChI is InChI=1S/C32H47N3O4/c1-30-13-10-24(34(3)29(37)33-16-19-35-17-4-5-18-35)20-23(30)7-8-27-26(30)11-14-31(2)25(12-15-32(27,31)38)22-6-9-28(36)39-21-22/h6,9,20-21,24-27,38H,4-5,7-8,10-19H2,1-3H3,(H,33,37)/t24-,25+,26-,27+,30-,31+,32-/m0/s1. The minimum Gasteiger partial charge on any atom is -0.431 e. The van der Waals surface area contributed by atoms with Crippen LogP contribution in [0.4, 0.5) is 4.79 Å². The molecule has 2 N–H and O–H groups in total. The number of amides is 2. The average Bonchev–Trinajstić information content (AvgIpc) is 3.54. The Labute approximate surface area is 233 Å². The molecule has 4 aliphatic carbocycles. The molecule has 3 saturated carbocycles. The van der Waals surface area contributed by atoms with Gasteiger partial charge in [0.25, 0.3) is 0 Å². The highest BCUT2D eigenvalue weighted by Crippen LogP contribution is 2.70. The van der Waals surface area contributed by atoms with E-state index < -0.39 is 5.60 Å². The lowest BCUT2D eigenvalue weighted by Gasteiger charge is -2.62. The molecule has 0 radical (unpaired) electrons. The first-order chi connectivity index (χ1) is 18.7. The van der Waals surface area contributed by atoms with Crippen molar-refractivity contribution in [3.63, 3.8) is 0 Å². The Bertz CT molecular complexity index is 1150. The summed E-state index contributed by atoms with van der Waals surface area (Å²) >= 11 is 0. The quantitative estimate of drug-likeness (QED) is 0.522. The Balaban J connectivity index is 1.15. The van der Waals surface area contributed by atoms with Crippen LogP contribution < -0.4 is 10.9 Å². The van der Waals surface area contributed by atoms with Gasteiger partial charge >= 0.3 is 11.7 Å². The number of rotatable bonds is 5. The van der Waals surface area contributed by atoms with Gasteiger partial charge in [-0.1, -0.05) is 25.5 Å². The number of carbonyl (C=O) groups is 1. The van der Waals surface area contributed by atoms with Gasteiger partial charge in [0.1, 0.15) is 0 Å². The summed E-state index contributed by atoms with van der Waals surface area (Å²) in [5, 5.41) is 15.6. The summed E-state index contributed by atoms with van der Waals surface area (Å²) < 4.78 is 5.23. The Morgan fingerprint density at radius 1 is 1.10 bits per heavy atom. The molecule has 39 heavy (non-hydrogen) atoms. The molecule has 1 aliphatic heterocycles. The molecule has 2 amide bonds. The number of nitrogens with zero attached hydrogens (tertiary/aromatic N) is 2. The number of fused-ring (bicyclic) bond motifs is 5. The first kappa shape index (κ1) is 27.1. The molecule has 5 aliphatic rings. The zero-order valence-corrected chi connectivity index (χ0v) is 24.1. The lowest BCUT2D eigenvalue weighted by atomic mass is 9.45. The van der Waals surface area contributed by atoms with Gasteiger partial charge in [0.2, 0.25) is 0 Å². The molecule has 7 heteroatoms. The van der Waals surface area contributed by atoms with Crippen molar-refractivity contribution in [2.24, 2.45) is 22.7 Å². The average molecular weight is 538 g/mol. The number of aliphatic hydroxyl groups is 1. The van der Waals surface area contributed by atoms with Gasteiger partial charge in [0.05, 0.1) is 17.9 Å². The fourth-order valence-corrected chi connectivity index (χ4v) is 9.69. The molecule has 214 valence electrons. The predicted octanol–water partition coefficient (Wildman–Crippen LogP) is 4.91. The van der Waals surface area contributed by atoms with Crippen LogP contribution in [-0.4, -0.2) is 65.8 Å². The van der Waals surface area contributed by atoms with Crippen LogP contribution in [0, 0.1) is 22.7 Å². The fourth-order valence-electron chi connectivity index (χ4n) is 9.69. The first-order valence-corrected chi connectivity index (χ1v) is 15.4. The summed E-state index contributed by atoms with van der Waals surface area (Å²) in [6.45, 7) is 8.68. The van der Waals surface area contributed by atoms with Crippen molar-refractivity contribution in [1.82, 2.24) is 15.1 Å². The van der Waals surface area contributed by atoms with E-state index in [0.29, 0.717) is 12.5 Å². The molecule has 1 aromatic heterocycles. The number of likely N-dealkylation sites (N-methyl/N-ethyl adjacent to an activating group) is 1. The predicted molar refractivity (Wildman–Crippen MR) is 152 cm³/mol. The summed E-state index contributed by atoms with van der Waals surface area (Å²) in [6.07, 6.45) is 14.5. The number of likely N-dealkylation sites (tertiary alicyclic amines) is 1. The highest BCUT2D eigenvalue weighted by Gasteiger charge is 2.66. The molecule has 7 atom stereocenters. The second-order valence-electron chi connectivity index (χ2n) is 13.7. The zero-order chi connectivity index (χ0) is 27.4. The maximum atomic E-state index is 13.0. The minimum atomic E-state index is -0.700. The third-order valence-corrected chi connectivity index (χ3v) is 12.1. The van der Waals surface area contributed by atoms with Crippen molar-refractivity contribution in [2.45, 2.75) is 95.6 Å². The minimum absolute atomic E-state index is 0.0322. The van der Waals surface area contributed by atoms with Gasteiger partial charge in [0, 0.05) is 31.6 Å². The number of carbonyl (C=O) groups excluding carboxylic acids is 1. The van der Waals surface area contributed by atoms with E-state index in [1.807, 2.05) is 18.0 Å². The van der Waals surface area contributed by atoms with Crippen LogP contribution in [0.3, 0.4) is 0 Å². The van der Waals surface area contributed by atoms with Crippen molar-refractivity contribution in [1.29, 1.82) is 0 Å². The first-order valence-electron chi connectivity index (χ1n) is 15.4. The molecule has 0 spiro atoms. The van der Waals surface area contributed by atoms with E-state index in [2.05, 4.69) is 30.1 Å². The number of nitrogens with one attached hydrogen (secondary N) is 1. The molecule has 6 rings (SSSR count). The molecule has 1 aromatic rings. The Morgan fingerprint density at radius 2 is 1.90 bits per heavy atom. The molecular weight excluding hydrogens is 490 g/mol. The Kier molecular flexibility index (Phi) is 6.98. The van der Waals surface area contributed by atoms with Crippen molar-refractivity contribution in [3.05, 3.63) is 46.0 Å². The van der Waals surface area contributed by atoms with E-state index in [0.717, 1.165) is 76.6 Å². The lowest BCUT2D eigenvalue weighted by molar-refractivity contribution is -0.177. The van der Waals surface area contributed by atoms with Crippen LogP contribution in [0.1, 0.15) is 89.5 Å². The normalized spacial score (nSPS) is 39.8. The second-order valence-corrected chi connectivity index (χ2v) is 13.7. The third-order valence-electron chi connectivity index (χ3n) is 12.1.